The van der Waals surface area contributed by atoms with E-state index in [9.17, 15) is 13.6 Å². The number of ether oxygens (including phenoxy) is 1. The van der Waals surface area contributed by atoms with Crippen LogP contribution < -0.4 is 0 Å². The first-order valence-electron chi connectivity index (χ1n) is 3.97. The molecule has 1 aromatic rings. The molecule has 1 aromatic carbocycles. The third-order valence-electron chi connectivity index (χ3n) is 1.72. The van der Waals surface area contributed by atoms with Crippen LogP contribution >= 0.6 is 22.6 Å². The van der Waals surface area contributed by atoms with Crippen LogP contribution in [0.5, 0.6) is 0 Å². The molecule has 0 saturated heterocycles. The summed E-state index contributed by atoms with van der Waals surface area (Å²) in [7, 11) is 1.30. The van der Waals surface area contributed by atoms with Crippen molar-refractivity contribution in [1.82, 2.24) is 0 Å². The highest BCUT2D eigenvalue weighted by Crippen LogP contribution is 2.16. The Hall–Kier alpha value is -0.470. The fourth-order valence-electron chi connectivity index (χ4n) is 1.06. The summed E-state index contributed by atoms with van der Waals surface area (Å²) < 4.78 is 26.2. The summed E-state index contributed by atoms with van der Waals surface area (Å²) in [6.45, 7) is 0. The van der Waals surface area contributed by atoms with Crippen molar-refractivity contribution in [3.63, 3.8) is 0 Å². The molecule has 1 unspecified atom stereocenters. The van der Waals surface area contributed by atoms with Crippen molar-refractivity contribution in [2.75, 3.05) is 7.11 Å². The Labute approximate surface area is 103 Å². The van der Waals surface area contributed by atoms with Gasteiger partial charge in [-0.2, -0.15) is 0 Å². The van der Waals surface area contributed by atoms with Crippen LogP contribution in [-0.2, 0) is 21.6 Å². The number of hydrogen-bond donors (Lipinski definition) is 0. The van der Waals surface area contributed by atoms with Gasteiger partial charge >= 0.3 is 5.97 Å². The molecule has 0 aromatic heterocycles. The quantitative estimate of drug-likeness (QED) is 0.475. The molecule has 0 aliphatic rings. The van der Waals surface area contributed by atoms with Gasteiger partial charge in [0.1, 0.15) is 0 Å². The van der Waals surface area contributed by atoms with Gasteiger partial charge in [-0.15, -0.1) is 0 Å². The standard InChI is InChI=1S/C9H9IO4S/c1-14-9(11)7-3-2-6(4-8(7)10)5-15(12)13/h2-4H,5H2,1H3,(H,12,13)/p-1. The van der Waals surface area contributed by atoms with Gasteiger partial charge in [0.25, 0.3) is 0 Å². The van der Waals surface area contributed by atoms with E-state index in [2.05, 4.69) is 4.74 Å². The molecular weight excluding hydrogens is 331 g/mol. The number of carbonyl (C=O) groups excluding carboxylic acids is 1. The van der Waals surface area contributed by atoms with E-state index in [1.165, 1.54) is 7.11 Å². The van der Waals surface area contributed by atoms with Gasteiger partial charge < -0.3 is 9.29 Å². The van der Waals surface area contributed by atoms with Crippen molar-refractivity contribution < 1.29 is 18.3 Å². The average Bonchev–Trinajstić information content (AvgIpc) is 2.16. The highest BCUT2D eigenvalue weighted by atomic mass is 127. The van der Waals surface area contributed by atoms with Gasteiger partial charge in [0.15, 0.2) is 0 Å². The topological polar surface area (TPSA) is 66.4 Å². The highest BCUT2D eigenvalue weighted by Gasteiger charge is 2.10. The summed E-state index contributed by atoms with van der Waals surface area (Å²) >= 11 is -0.144. The Kier molecular flexibility index (Phi) is 4.68. The van der Waals surface area contributed by atoms with Crippen LogP contribution in [0.3, 0.4) is 0 Å². The second-order valence-corrected chi connectivity index (χ2v) is 4.81. The minimum atomic E-state index is -2.11. The van der Waals surface area contributed by atoms with E-state index in [0.717, 1.165) is 0 Å². The van der Waals surface area contributed by atoms with Crippen molar-refractivity contribution in [3.05, 3.63) is 32.9 Å². The van der Waals surface area contributed by atoms with Gasteiger partial charge in [-0.05, 0) is 40.3 Å². The predicted octanol–water partition coefficient (Wildman–Crippen LogP) is 1.46. The lowest BCUT2D eigenvalue weighted by Crippen LogP contribution is -2.04. The molecule has 0 saturated carbocycles. The molecule has 1 atom stereocenters. The van der Waals surface area contributed by atoms with E-state index < -0.39 is 17.0 Å². The van der Waals surface area contributed by atoms with Crippen molar-refractivity contribution in [2.45, 2.75) is 5.75 Å². The number of methoxy groups -OCH3 is 1. The van der Waals surface area contributed by atoms with Gasteiger partial charge in [0.05, 0.1) is 12.7 Å². The Morgan fingerprint density at radius 2 is 2.27 bits per heavy atom. The highest BCUT2D eigenvalue weighted by molar-refractivity contribution is 14.1. The first-order valence-corrected chi connectivity index (χ1v) is 6.29. The third kappa shape index (κ3) is 3.54. The molecule has 0 spiro atoms. The van der Waals surface area contributed by atoms with Crippen molar-refractivity contribution in [1.29, 1.82) is 0 Å². The monoisotopic (exact) mass is 339 g/mol. The summed E-state index contributed by atoms with van der Waals surface area (Å²) in [5.74, 6) is -0.466. The second kappa shape index (κ2) is 5.57. The van der Waals surface area contributed by atoms with Crippen LogP contribution in [0.1, 0.15) is 15.9 Å². The van der Waals surface area contributed by atoms with Gasteiger partial charge in [0, 0.05) is 9.32 Å². The van der Waals surface area contributed by atoms with E-state index in [4.69, 9.17) is 0 Å². The van der Waals surface area contributed by atoms with Crippen LogP contribution in [-0.4, -0.2) is 21.8 Å². The van der Waals surface area contributed by atoms with E-state index in [1.807, 2.05) is 22.6 Å². The third-order valence-corrected chi connectivity index (χ3v) is 3.18. The van der Waals surface area contributed by atoms with Crippen LogP contribution in [0.4, 0.5) is 0 Å². The van der Waals surface area contributed by atoms with Gasteiger partial charge in [-0.3, -0.25) is 4.21 Å². The fourth-order valence-corrected chi connectivity index (χ4v) is 2.31. The number of halogens is 1. The van der Waals surface area contributed by atoms with Crippen LogP contribution in [0.25, 0.3) is 0 Å². The number of hydrogen-bond acceptors (Lipinski definition) is 4. The molecule has 0 N–H and O–H groups in total. The molecule has 15 heavy (non-hydrogen) atoms. The average molecular weight is 339 g/mol. The van der Waals surface area contributed by atoms with Crippen LogP contribution in [0, 0.1) is 3.57 Å². The first-order chi connectivity index (χ1) is 7.04. The molecule has 0 fully saturated rings. The SMILES string of the molecule is COC(=O)c1ccc(CS(=O)[O-])cc1I. The maximum Gasteiger partial charge on any atom is 0.338 e. The van der Waals surface area contributed by atoms with Crippen molar-refractivity contribution in [2.24, 2.45) is 0 Å². The molecule has 1 rings (SSSR count). The summed E-state index contributed by atoms with van der Waals surface area (Å²) in [6.07, 6.45) is 0. The molecule has 0 aliphatic carbocycles. The number of benzene rings is 1. The Balaban J connectivity index is 2.97. The minimum Gasteiger partial charge on any atom is -0.772 e. The van der Waals surface area contributed by atoms with Crippen LogP contribution in [0.15, 0.2) is 18.2 Å². The van der Waals surface area contributed by atoms with Crippen LogP contribution in [0.2, 0.25) is 0 Å². The van der Waals surface area contributed by atoms with Gasteiger partial charge in [-0.1, -0.05) is 17.1 Å². The molecule has 0 heterocycles. The Morgan fingerprint density at radius 3 is 2.73 bits per heavy atom. The minimum absolute atomic E-state index is 0.0442. The Bertz CT molecular complexity index is 405. The van der Waals surface area contributed by atoms with E-state index in [-0.39, 0.29) is 5.75 Å². The lowest BCUT2D eigenvalue weighted by atomic mass is 10.1. The molecule has 0 bridgehead atoms. The predicted molar refractivity (Wildman–Crippen MR) is 63.1 cm³/mol. The summed E-state index contributed by atoms with van der Waals surface area (Å²) in [6, 6.07) is 4.82. The summed E-state index contributed by atoms with van der Waals surface area (Å²) in [4.78, 5) is 11.2. The molecule has 6 heteroatoms. The molecule has 0 amide bonds. The molecule has 0 aliphatic heterocycles. The maximum absolute atomic E-state index is 11.2. The van der Waals surface area contributed by atoms with E-state index in [0.29, 0.717) is 14.7 Å². The smallest absolute Gasteiger partial charge is 0.338 e. The van der Waals surface area contributed by atoms with Gasteiger partial charge in [0.2, 0.25) is 0 Å². The number of rotatable bonds is 3. The maximum atomic E-state index is 11.2. The second-order valence-electron chi connectivity index (χ2n) is 2.75. The van der Waals surface area contributed by atoms with Crippen molar-refractivity contribution >= 4 is 39.6 Å². The van der Waals surface area contributed by atoms with Crippen molar-refractivity contribution in [3.8, 4) is 0 Å². The normalized spacial score (nSPS) is 12.2. The van der Waals surface area contributed by atoms with Gasteiger partial charge in [-0.25, -0.2) is 4.79 Å². The number of carbonyl (C=O) groups is 1. The Morgan fingerprint density at radius 1 is 1.60 bits per heavy atom. The zero-order valence-electron chi connectivity index (χ0n) is 7.86. The molecule has 0 radical (unpaired) electrons. The lowest BCUT2D eigenvalue weighted by Gasteiger charge is -2.07. The van der Waals surface area contributed by atoms with E-state index in [1.54, 1.807) is 18.2 Å². The fraction of sp³-hybridized carbons (Fsp3) is 0.222. The summed E-state index contributed by atoms with van der Waals surface area (Å²) in [5.41, 5.74) is 1.10. The van der Waals surface area contributed by atoms with E-state index >= 15 is 0 Å². The first kappa shape index (κ1) is 12.6. The number of esters is 1. The largest absolute Gasteiger partial charge is 0.772 e. The molecule has 82 valence electrons. The zero-order valence-corrected chi connectivity index (χ0v) is 10.8. The zero-order chi connectivity index (χ0) is 11.4. The summed E-state index contributed by atoms with van der Waals surface area (Å²) in [5, 5.41) is 0. The lowest BCUT2D eigenvalue weighted by molar-refractivity contribution is 0.0599. The molecular formula is C9H8IO4S-. The molecule has 4 nitrogen and oxygen atoms in total.